The van der Waals surface area contributed by atoms with Crippen LogP contribution in [0, 0.1) is 20.8 Å². The van der Waals surface area contributed by atoms with Gasteiger partial charge < -0.3 is 19.7 Å². The first-order valence-corrected chi connectivity index (χ1v) is 11.1. The van der Waals surface area contributed by atoms with Crippen molar-refractivity contribution in [3.63, 3.8) is 0 Å². The lowest BCUT2D eigenvalue weighted by Gasteiger charge is -2.31. The summed E-state index contributed by atoms with van der Waals surface area (Å²) < 4.78 is 11.2. The van der Waals surface area contributed by atoms with Crippen LogP contribution >= 0.6 is 0 Å². The zero-order chi connectivity index (χ0) is 23.8. The predicted molar refractivity (Wildman–Crippen MR) is 127 cm³/mol. The molecule has 6 heteroatoms. The van der Waals surface area contributed by atoms with Crippen molar-refractivity contribution < 1.29 is 19.1 Å². The Kier molecular flexibility index (Phi) is 9.12. The molecule has 2 aromatic carbocycles. The number of ether oxygens (including phenoxy) is 2. The van der Waals surface area contributed by atoms with E-state index in [4.69, 9.17) is 9.47 Å². The highest BCUT2D eigenvalue weighted by Gasteiger charge is 2.29. The zero-order valence-electron chi connectivity index (χ0n) is 20.3. The van der Waals surface area contributed by atoms with Crippen molar-refractivity contribution >= 4 is 11.8 Å². The van der Waals surface area contributed by atoms with Crippen LogP contribution in [0.3, 0.4) is 0 Å². The minimum Gasteiger partial charge on any atom is -0.497 e. The Morgan fingerprint density at radius 1 is 1.06 bits per heavy atom. The van der Waals surface area contributed by atoms with E-state index in [0.29, 0.717) is 18.7 Å². The van der Waals surface area contributed by atoms with Crippen LogP contribution in [0.2, 0.25) is 0 Å². The van der Waals surface area contributed by atoms with Gasteiger partial charge in [0, 0.05) is 12.6 Å². The lowest BCUT2D eigenvalue weighted by atomic mass is 10.1. The molecule has 2 amide bonds. The Balaban J connectivity index is 2.26. The third-order valence-electron chi connectivity index (χ3n) is 5.44. The van der Waals surface area contributed by atoms with E-state index in [9.17, 15) is 9.59 Å². The second-order valence-corrected chi connectivity index (χ2v) is 8.45. The molecule has 32 heavy (non-hydrogen) atoms. The fourth-order valence-electron chi connectivity index (χ4n) is 3.60. The average molecular weight is 441 g/mol. The van der Waals surface area contributed by atoms with Gasteiger partial charge in [0.15, 0.2) is 6.61 Å². The van der Waals surface area contributed by atoms with E-state index < -0.39 is 6.04 Å². The smallest absolute Gasteiger partial charge is 0.261 e. The zero-order valence-corrected chi connectivity index (χ0v) is 20.3. The molecule has 1 N–H and O–H groups in total. The van der Waals surface area contributed by atoms with Crippen molar-refractivity contribution in [3.05, 3.63) is 58.7 Å². The number of methoxy groups -OCH3 is 1. The summed E-state index contributed by atoms with van der Waals surface area (Å²) >= 11 is 0. The fraction of sp³-hybridized carbons (Fsp3) is 0.462. The van der Waals surface area contributed by atoms with Gasteiger partial charge in [-0.15, -0.1) is 0 Å². The molecule has 0 bridgehead atoms. The molecular weight excluding hydrogens is 404 g/mol. The van der Waals surface area contributed by atoms with Gasteiger partial charge >= 0.3 is 0 Å². The topological polar surface area (TPSA) is 67.9 Å². The van der Waals surface area contributed by atoms with Gasteiger partial charge in [-0.05, 0) is 81.5 Å². The van der Waals surface area contributed by atoms with Gasteiger partial charge in [-0.1, -0.05) is 25.1 Å². The Bertz CT molecular complexity index is 922. The number of hydrogen-bond donors (Lipinski definition) is 1. The Morgan fingerprint density at radius 2 is 1.72 bits per heavy atom. The minimum absolute atomic E-state index is 0.0105. The highest BCUT2D eigenvalue weighted by atomic mass is 16.5. The summed E-state index contributed by atoms with van der Waals surface area (Å²) in [7, 11) is 1.61. The van der Waals surface area contributed by atoms with Crippen molar-refractivity contribution in [2.24, 2.45) is 0 Å². The first kappa shape index (κ1) is 25.2. The van der Waals surface area contributed by atoms with Crippen molar-refractivity contribution in [3.8, 4) is 11.5 Å². The molecule has 0 saturated heterocycles. The summed E-state index contributed by atoms with van der Waals surface area (Å²) in [5.41, 5.74) is 4.12. The number of nitrogens with zero attached hydrogens (tertiary/aromatic N) is 1. The average Bonchev–Trinajstić information content (AvgIpc) is 2.74. The lowest BCUT2D eigenvalue weighted by Crippen LogP contribution is -2.51. The lowest BCUT2D eigenvalue weighted by molar-refractivity contribution is -0.143. The van der Waals surface area contributed by atoms with Crippen LogP contribution in [0.4, 0.5) is 0 Å². The number of nitrogens with one attached hydrogen (secondary N) is 1. The summed E-state index contributed by atoms with van der Waals surface area (Å²) in [5.74, 6) is 1.04. The van der Waals surface area contributed by atoms with E-state index in [0.717, 1.165) is 28.0 Å². The van der Waals surface area contributed by atoms with Gasteiger partial charge in [-0.3, -0.25) is 9.59 Å². The summed E-state index contributed by atoms with van der Waals surface area (Å²) in [6, 6.07) is 10.9. The third kappa shape index (κ3) is 6.74. The molecule has 0 fully saturated rings. The normalized spacial score (nSPS) is 11.8. The second-order valence-electron chi connectivity index (χ2n) is 8.45. The molecular formula is C26H36N2O4. The maximum Gasteiger partial charge on any atom is 0.261 e. The molecule has 0 radical (unpaired) electrons. The van der Waals surface area contributed by atoms with Gasteiger partial charge in [0.25, 0.3) is 5.91 Å². The first-order chi connectivity index (χ1) is 15.2. The number of aryl methyl sites for hydroxylation is 2. The highest BCUT2D eigenvalue weighted by molar-refractivity contribution is 5.88. The van der Waals surface area contributed by atoms with Crippen LogP contribution in [-0.2, 0) is 16.1 Å². The third-order valence-corrected chi connectivity index (χ3v) is 5.44. The highest BCUT2D eigenvalue weighted by Crippen LogP contribution is 2.24. The molecule has 0 aliphatic heterocycles. The standard InChI is InChI=1S/C26H36N2O4/c1-8-23(26(30)27-17(2)3)28(15-21-9-11-22(31-7)12-10-21)25(29)16-32-24-14-18(4)13-19(5)20(24)6/h9-14,17,23H,8,15-16H2,1-7H3,(H,27,30)/t23-/m0/s1. The maximum atomic E-state index is 13.3. The molecule has 174 valence electrons. The molecule has 0 unspecified atom stereocenters. The monoisotopic (exact) mass is 440 g/mol. The summed E-state index contributed by atoms with van der Waals surface area (Å²) in [6.45, 7) is 11.9. The van der Waals surface area contributed by atoms with Crippen LogP contribution in [0.15, 0.2) is 36.4 Å². The van der Waals surface area contributed by atoms with Crippen molar-refractivity contribution in [1.82, 2.24) is 10.2 Å². The number of benzene rings is 2. The van der Waals surface area contributed by atoms with Gasteiger partial charge in [0.2, 0.25) is 5.91 Å². The predicted octanol–water partition coefficient (Wildman–Crippen LogP) is 4.33. The summed E-state index contributed by atoms with van der Waals surface area (Å²) in [5, 5.41) is 2.94. The molecule has 0 aliphatic rings. The second kappa shape index (κ2) is 11.6. The number of amides is 2. The largest absolute Gasteiger partial charge is 0.497 e. The summed E-state index contributed by atoms with van der Waals surface area (Å²) in [6.07, 6.45) is 0.503. The number of hydrogen-bond acceptors (Lipinski definition) is 4. The Hall–Kier alpha value is -3.02. The number of carbonyl (C=O) groups excluding carboxylic acids is 2. The van der Waals surface area contributed by atoms with Crippen LogP contribution in [0.1, 0.15) is 49.4 Å². The molecule has 0 aliphatic carbocycles. The Morgan fingerprint density at radius 3 is 2.28 bits per heavy atom. The first-order valence-electron chi connectivity index (χ1n) is 11.1. The SMILES string of the molecule is CC[C@@H](C(=O)NC(C)C)N(Cc1ccc(OC)cc1)C(=O)COc1cc(C)cc(C)c1C. The van der Waals surface area contributed by atoms with Gasteiger partial charge in [-0.2, -0.15) is 0 Å². The van der Waals surface area contributed by atoms with E-state index in [1.807, 2.05) is 71.9 Å². The molecule has 0 spiro atoms. The van der Waals surface area contributed by atoms with Crippen LogP contribution < -0.4 is 14.8 Å². The van der Waals surface area contributed by atoms with E-state index in [2.05, 4.69) is 11.4 Å². The van der Waals surface area contributed by atoms with Crippen molar-refractivity contribution in [2.45, 2.75) is 66.6 Å². The van der Waals surface area contributed by atoms with Crippen LogP contribution in [-0.4, -0.2) is 42.5 Å². The number of carbonyl (C=O) groups is 2. The van der Waals surface area contributed by atoms with Gasteiger partial charge in [0.1, 0.15) is 17.5 Å². The Labute approximate surface area is 191 Å². The quantitative estimate of drug-likeness (QED) is 0.597. The van der Waals surface area contributed by atoms with Crippen LogP contribution in [0.5, 0.6) is 11.5 Å². The van der Waals surface area contributed by atoms with Gasteiger partial charge in [-0.25, -0.2) is 0 Å². The van der Waals surface area contributed by atoms with Crippen molar-refractivity contribution in [1.29, 1.82) is 0 Å². The molecule has 0 heterocycles. The molecule has 2 rings (SSSR count). The van der Waals surface area contributed by atoms with E-state index in [1.165, 1.54) is 0 Å². The van der Waals surface area contributed by atoms with E-state index in [-0.39, 0.29) is 24.5 Å². The summed E-state index contributed by atoms with van der Waals surface area (Å²) in [4.78, 5) is 27.8. The number of rotatable bonds is 10. The van der Waals surface area contributed by atoms with E-state index >= 15 is 0 Å². The molecule has 2 aromatic rings. The fourth-order valence-corrected chi connectivity index (χ4v) is 3.60. The van der Waals surface area contributed by atoms with Gasteiger partial charge in [0.05, 0.1) is 7.11 Å². The molecule has 0 saturated carbocycles. The van der Waals surface area contributed by atoms with Crippen molar-refractivity contribution in [2.75, 3.05) is 13.7 Å². The van der Waals surface area contributed by atoms with E-state index in [1.54, 1.807) is 12.0 Å². The molecule has 1 atom stereocenters. The maximum absolute atomic E-state index is 13.3. The molecule has 0 aromatic heterocycles. The molecule has 6 nitrogen and oxygen atoms in total. The minimum atomic E-state index is -0.587. The van der Waals surface area contributed by atoms with Crippen LogP contribution in [0.25, 0.3) is 0 Å².